The van der Waals surface area contributed by atoms with Gasteiger partial charge in [-0.1, -0.05) is 108 Å². The van der Waals surface area contributed by atoms with Crippen LogP contribution in [0.5, 0.6) is 0 Å². The lowest BCUT2D eigenvalue weighted by Crippen LogP contribution is -2.17. The van der Waals surface area contributed by atoms with Crippen LogP contribution in [0.4, 0.5) is 0 Å². The Kier molecular flexibility index (Phi) is 4.80. The molecule has 3 rings (SSSR count). The third-order valence-electron chi connectivity index (χ3n) is 4.94. The molecular weight excluding hydrogens is 312 g/mol. The van der Waals surface area contributed by atoms with Crippen molar-refractivity contribution >= 4 is 0 Å². The van der Waals surface area contributed by atoms with Gasteiger partial charge in [0.05, 0.1) is 0 Å². The van der Waals surface area contributed by atoms with Gasteiger partial charge in [-0.25, -0.2) is 0 Å². The van der Waals surface area contributed by atoms with Crippen molar-refractivity contribution in [2.45, 2.75) is 52.4 Å². The minimum Gasteiger partial charge on any atom is -0.0579 e. The summed E-state index contributed by atoms with van der Waals surface area (Å²) in [6.45, 7) is 13.7. The van der Waals surface area contributed by atoms with Crippen LogP contribution in [0, 0.1) is 6.07 Å². The van der Waals surface area contributed by atoms with E-state index < -0.39 is 0 Å². The maximum Gasteiger partial charge on any atom is -0.0126 e. The van der Waals surface area contributed by atoms with Crippen LogP contribution in [0.3, 0.4) is 0 Å². The Morgan fingerprint density at radius 1 is 0.577 bits per heavy atom. The molecule has 0 bridgehead atoms. The molecule has 0 aliphatic carbocycles. The van der Waals surface area contributed by atoms with Gasteiger partial charge in [-0.3, -0.25) is 0 Å². The van der Waals surface area contributed by atoms with Crippen molar-refractivity contribution in [1.29, 1.82) is 0 Å². The zero-order valence-electron chi connectivity index (χ0n) is 16.9. The zero-order chi connectivity index (χ0) is 18.9. The summed E-state index contributed by atoms with van der Waals surface area (Å²) < 4.78 is 0. The van der Waals surface area contributed by atoms with Crippen molar-refractivity contribution in [3.05, 3.63) is 83.9 Å². The summed E-state index contributed by atoms with van der Waals surface area (Å²) in [5, 5.41) is 0. The third-order valence-corrected chi connectivity index (χ3v) is 4.94. The summed E-state index contributed by atoms with van der Waals surface area (Å²) in [6, 6.07) is 27.1. The zero-order valence-corrected chi connectivity index (χ0v) is 16.9. The summed E-state index contributed by atoms with van der Waals surface area (Å²) in [5.41, 5.74) is 8.15. The molecule has 0 saturated carbocycles. The number of rotatable bonds is 2. The lowest BCUT2D eigenvalue weighted by Gasteiger charge is -2.27. The van der Waals surface area contributed by atoms with Gasteiger partial charge in [0, 0.05) is 0 Å². The van der Waals surface area contributed by atoms with Gasteiger partial charge >= 0.3 is 0 Å². The molecule has 0 amide bonds. The first-order valence-corrected chi connectivity index (χ1v) is 9.38. The van der Waals surface area contributed by atoms with E-state index in [1.54, 1.807) is 0 Å². The molecule has 0 saturated heterocycles. The van der Waals surface area contributed by atoms with Crippen LogP contribution in [-0.2, 0) is 10.8 Å². The molecule has 0 heteroatoms. The van der Waals surface area contributed by atoms with Crippen LogP contribution in [0.2, 0.25) is 0 Å². The van der Waals surface area contributed by atoms with E-state index in [2.05, 4.69) is 102 Å². The van der Waals surface area contributed by atoms with Gasteiger partial charge in [-0.05, 0) is 50.3 Å². The first kappa shape index (κ1) is 18.5. The lowest BCUT2D eigenvalue weighted by molar-refractivity contribution is 0.570. The Bertz CT molecular complexity index is 870. The van der Waals surface area contributed by atoms with Gasteiger partial charge in [-0.2, -0.15) is 0 Å². The Morgan fingerprint density at radius 3 is 1.65 bits per heavy atom. The van der Waals surface area contributed by atoms with E-state index >= 15 is 0 Å². The van der Waals surface area contributed by atoms with E-state index in [-0.39, 0.29) is 10.8 Å². The fourth-order valence-electron chi connectivity index (χ4n) is 3.30. The molecule has 0 fully saturated rings. The van der Waals surface area contributed by atoms with E-state index in [9.17, 15) is 0 Å². The number of benzene rings is 3. The highest BCUT2D eigenvalue weighted by atomic mass is 14.3. The summed E-state index contributed by atoms with van der Waals surface area (Å²) in [7, 11) is 0. The van der Waals surface area contributed by atoms with Crippen molar-refractivity contribution in [3.63, 3.8) is 0 Å². The highest BCUT2D eigenvalue weighted by Gasteiger charge is 2.22. The highest BCUT2D eigenvalue weighted by Crippen LogP contribution is 2.37. The molecule has 1 radical (unpaired) electrons. The molecule has 0 heterocycles. The van der Waals surface area contributed by atoms with Crippen LogP contribution < -0.4 is 0 Å². The molecule has 0 aliphatic heterocycles. The van der Waals surface area contributed by atoms with Gasteiger partial charge < -0.3 is 0 Å². The monoisotopic (exact) mass is 341 g/mol. The summed E-state index contributed by atoms with van der Waals surface area (Å²) >= 11 is 0. The van der Waals surface area contributed by atoms with Crippen molar-refractivity contribution in [3.8, 4) is 22.3 Å². The first-order chi connectivity index (χ1) is 12.2. The Balaban J connectivity index is 2.06. The summed E-state index contributed by atoms with van der Waals surface area (Å²) in [4.78, 5) is 0. The van der Waals surface area contributed by atoms with Gasteiger partial charge in [0.25, 0.3) is 0 Å². The van der Waals surface area contributed by atoms with Crippen molar-refractivity contribution in [2.24, 2.45) is 0 Å². The van der Waals surface area contributed by atoms with Crippen LogP contribution in [-0.4, -0.2) is 0 Å². The maximum atomic E-state index is 3.08. The number of hydrogen-bond donors (Lipinski definition) is 0. The van der Waals surface area contributed by atoms with Gasteiger partial charge in [0.15, 0.2) is 0 Å². The molecule has 0 unspecified atom stereocenters. The van der Waals surface area contributed by atoms with Gasteiger partial charge in [0.1, 0.15) is 0 Å². The molecule has 26 heavy (non-hydrogen) atoms. The molecule has 0 N–H and O–H groups in total. The smallest absolute Gasteiger partial charge is 0.0126 e. The van der Waals surface area contributed by atoms with E-state index in [1.807, 2.05) is 12.1 Å². The average Bonchev–Trinajstić information content (AvgIpc) is 2.61. The van der Waals surface area contributed by atoms with Crippen LogP contribution in [0.1, 0.15) is 52.7 Å². The topological polar surface area (TPSA) is 0 Å². The Hall–Kier alpha value is -2.34. The Morgan fingerprint density at radius 2 is 1.12 bits per heavy atom. The fourth-order valence-corrected chi connectivity index (χ4v) is 3.30. The normalized spacial score (nSPS) is 12.2. The molecule has 0 atom stereocenters. The standard InChI is InChI=1S/C26H29/c1-25(2,3)22-16-17-23(24(18-22)26(4,5)6)21-14-12-20(13-15-21)19-10-8-7-9-11-19/h8-18H,1-6H3. The molecule has 133 valence electrons. The second-order valence-corrected chi connectivity index (χ2v) is 9.13. The second-order valence-electron chi connectivity index (χ2n) is 9.13. The molecule has 0 aliphatic rings. The van der Waals surface area contributed by atoms with E-state index in [0.29, 0.717) is 0 Å². The average molecular weight is 342 g/mol. The van der Waals surface area contributed by atoms with E-state index in [4.69, 9.17) is 0 Å². The third kappa shape index (κ3) is 3.90. The fraction of sp³-hybridized carbons (Fsp3) is 0.308. The van der Waals surface area contributed by atoms with Crippen LogP contribution in [0.25, 0.3) is 22.3 Å². The quantitative estimate of drug-likeness (QED) is 0.455. The molecule has 0 nitrogen and oxygen atoms in total. The summed E-state index contributed by atoms with van der Waals surface area (Å²) in [5.74, 6) is 0. The van der Waals surface area contributed by atoms with E-state index in [1.165, 1.54) is 33.4 Å². The Labute approximate surface area is 158 Å². The minimum absolute atomic E-state index is 0.102. The van der Waals surface area contributed by atoms with Crippen molar-refractivity contribution in [1.82, 2.24) is 0 Å². The first-order valence-electron chi connectivity index (χ1n) is 9.38. The second kappa shape index (κ2) is 6.76. The highest BCUT2D eigenvalue weighted by molar-refractivity contribution is 5.73. The minimum atomic E-state index is 0.102. The SMILES string of the molecule is CC(C)(C)c1ccc(-c2ccc(-c3cc[c]cc3)cc2)c(C(C)(C)C)c1. The number of hydrogen-bond acceptors (Lipinski definition) is 0. The van der Waals surface area contributed by atoms with Crippen molar-refractivity contribution in [2.75, 3.05) is 0 Å². The van der Waals surface area contributed by atoms with Crippen molar-refractivity contribution < 1.29 is 0 Å². The molecule has 3 aromatic rings. The molecule has 0 spiro atoms. The van der Waals surface area contributed by atoms with Gasteiger partial charge in [0.2, 0.25) is 0 Å². The predicted molar refractivity (Wildman–Crippen MR) is 114 cm³/mol. The van der Waals surface area contributed by atoms with Crippen LogP contribution in [0.15, 0.2) is 66.7 Å². The summed E-state index contributed by atoms with van der Waals surface area (Å²) in [6.07, 6.45) is 0. The van der Waals surface area contributed by atoms with E-state index in [0.717, 1.165) is 0 Å². The van der Waals surface area contributed by atoms with Crippen LogP contribution >= 0.6 is 0 Å². The predicted octanol–water partition coefficient (Wildman–Crippen LogP) is 7.42. The molecular formula is C26H29. The lowest BCUT2D eigenvalue weighted by atomic mass is 9.77. The molecule has 3 aromatic carbocycles. The maximum absolute atomic E-state index is 3.08. The largest absolute Gasteiger partial charge is 0.0579 e. The molecule has 0 aromatic heterocycles. The van der Waals surface area contributed by atoms with Gasteiger partial charge in [-0.15, -0.1) is 0 Å².